The first-order chi connectivity index (χ1) is 26.1. The second-order valence-electron chi connectivity index (χ2n) is 14.6. The maximum Gasteiger partial charge on any atom is 0.321 e. The van der Waals surface area contributed by atoms with Crippen molar-refractivity contribution >= 4 is 34.1 Å². The van der Waals surface area contributed by atoms with E-state index < -0.39 is 34.1 Å². The van der Waals surface area contributed by atoms with Gasteiger partial charge in [0.05, 0.1) is 47.7 Å². The van der Waals surface area contributed by atoms with Crippen molar-refractivity contribution in [2.75, 3.05) is 33.2 Å². The van der Waals surface area contributed by atoms with Crippen molar-refractivity contribution in [3.63, 3.8) is 0 Å². The lowest BCUT2D eigenvalue weighted by molar-refractivity contribution is -0.129. The summed E-state index contributed by atoms with van der Waals surface area (Å²) in [6.45, 7) is 10.2. The van der Waals surface area contributed by atoms with E-state index in [9.17, 15) is 27.9 Å². The largest absolute Gasteiger partial charge is 0.411 e. The summed E-state index contributed by atoms with van der Waals surface area (Å²) in [4.78, 5) is 49.5. The molecular formula is C40H55N7O7S. The van der Waals surface area contributed by atoms with Crippen LogP contribution < -0.4 is 5.32 Å². The summed E-state index contributed by atoms with van der Waals surface area (Å²) in [7, 11) is -2.39. The van der Waals surface area contributed by atoms with Crippen molar-refractivity contribution in [3.8, 4) is 0 Å². The molecule has 3 aromatic rings. The molecule has 0 spiro atoms. The maximum atomic E-state index is 14.4. The fourth-order valence-electron chi connectivity index (χ4n) is 6.57. The molecule has 3 N–H and O–H groups in total. The smallest absolute Gasteiger partial charge is 0.321 e. The van der Waals surface area contributed by atoms with Crippen molar-refractivity contribution in [2.24, 2.45) is 17.0 Å². The van der Waals surface area contributed by atoms with Crippen LogP contribution >= 0.6 is 0 Å². The van der Waals surface area contributed by atoms with Gasteiger partial charge in [0.1, 0.15) is 6.04 Å². The van der Waals surface area contributed by atoms with Gasteiger partial charge in [-0.05, 0) is 53.6 Å². The molecule has 298 valence electrons. The number of rotatable bonds is 19. The topological polar surface area (TPSA) is 176 Å². The Hall–Kier alpha value is -4.86. The molecule has 15 heteroatoms. The van der Waals surface area contributed by atoms with Gasteiger partial charge in [0.15, 0.2) is 0 Å². The van der Waals surface area contributed by atoms with Gasteiger partial charge >= 0.3 is 6.03 Å². The normalized spacial score (nSPS) is 15.8. The second kappa shape index (κ2) is 19.6. The molecule has 1 aromatic heterocycles. The average Bonchev–Trinajstić information content (AvgIpc) is 3.49. The van der Waals surface area contributed by atoms with Gasteiger partial charge in [-0.25, -0.2) is 13.2 Å². The molecule has 0 aliphatic carbocycles. The van der Waals surface area contributed by atoms with Crippen LogP contribution in [0, 0.1) is 11.8 Å². The number of hydrogen-bond donors (Lipinski definition) is 3. The van der Waals surface area contributed by atoms with Gasteiger partial charge in [-0.1, -0.05) is 87.8 Å². The average molecular weight is 778 g/mol. The lowest BCUT2D eigenvalue weighted by Gasteiger charge is -2.35. The Morgan fingerprint density at radius 2 is 1.65 bits per heavy atom. The van der Waals surface area contributed by atoms with Crippen molar-refractivity contribution < 1.29 is 33.1 Å². The van der Waals surface area contributed by atoms with Crippen molar-refractivity contribution in [1.82, 2.24) is 29.3 Å². The van der Waals surface area contributed by atoms with Crippen LogP contribution in [0.3, 0.4) is 0 Å². The first kappa shape index (κ1) is 42.9. The van der Waals surface area contributed by atoms with Crippen molar-refractivity contribution in [3.05, 3.63) is 95.3 Å². The summed E-state index contributed by atoms with van der Waals surface area (Å²) in [5.41, 5.74) is 2.71. The number of oxime groups is 1. The highest BCUT2D eigenvalue weighted by Gasteiger charge is 2.41. The lowest BCUT2D eigenvalue weighted by atomic mass is 9.95. The number of sulfonamides is 1. The van der Waals surface area contributed by atoms with Gasteiger partial charge in [-0.2, -0.15) is 4.31 Å². The molecule has 0 bridgehead atoms. The molecule has 0 radical (unpaired) electrons. The standard InChI is InChI=1S/C40H55N7O7S/c1-7-29(4)38(47-21-20-45(40(47)51)26-34-15-11-14-33(42-34)25-44(6)30(5)48)39(50)43-36(22-31-12-9-8-10-13-31)37(49)27-46(24-28(2)3)55(53,54)35-18-16-32(17-19-35)23-41-52/h8-19,23,28-29,36-38,49,52H,7,20-22,24-27H2,1-6H3,(H,43,50)/b41-23+/t29-,36-,37+,38-/m0/s1. The number of nitrogens with zero attached hydrogens (tertiary/aromatic N) is 6. The molecule has 4 rings (SSSR count). The van der Waals surface area contributed by atoms with Crippen LogP contribution in [-0.4, -0.2) is 118 Å². The number of aromatic nitrogens is 1. The van der Waals surface area contributed by atoms with E-state index in [4.69, 9.17) is 5.21 Å². The zero-order valence-corrected chi connectivity index (χ0v) is 33.4. The maximum absolute atomic E-state index is 14.4. The highest BCUT2D eigenvalue weighted by molar-refractivity contribution is 7.89. The van der Waals surface area contributed by atoms with E-state index in [0.717, 1.165) is 5.56 Å². The van der Waals surface area contributed by atoms with E-state index in [1.54, 1.807) is 21.7 Å². The van der Waals surface area contributed by atoms with Crippen LogP contribution in [0.25, 0.3) is 0 Å². The van der Waals surface area contributed by atoms with Gasteiger partial charge in [-0.15, -0.1) is 0 Å². The van der Waals surface area contributed by atoms with E-state index in [2.05, 4.69) is 15.5 Å². The van der Waals surface area contributed by atoms with E-state index in [-0.39, 0.29) is 54.7 Å². The monoisotopic (exact) mass is 777 g/mol. The SMILES string of the molecule is CC[C@H](C)[C@@H](C(=O)N[C@@H](Cc1ccccc1)[C@H](O)CN(CC(C)C)S(=O)(=O)c1ccc(/C=N/O)cc1)N1CCN(Cc2cccc(CN(C)C(C)=O)n2)C1=O. The van der Waals surface area contributed by atoms with Gasteiger partial charge in [-0.3, -0.25) is 14.6 Å². The number of aliphatic hydroxyl groups is 1. The predicted molar refractivity (Wildman–Crippen MR) is 210 cm³/mol. The molecule has 55 heavy (non-hydrogen) atoms. The van der Waals surface area contributed by atoms with Crippen molar-refractivity contribution in [2.45, 2.75) is 83.6 Å². The van der Waals surface area contributed by atoms with Crippen LogP contribution in [0.2, 0.25) is 0 Å². The summed E-state index contributed by atoms with van der Waals surface area (Å²) >= 11 is 0. The Bertz CT molecular complexity index is 1880. The second-order valence-corrected chi connectivity index (χ2v) is 16.6. The Morgan fingerprint density at radius 1 is 0.982 bits per heavy atom. The van der Waals surface area contributed by atoms with E-state index in [0.29, 0.717) is 43.0 Å². The minimum Gasteiger partial charge on any atom is -0.411 e. The molecule has 1 aliphatic rings. The Morgan fingerprint density at radius 3 is 2.27 bits per heavy atom. The molecule has 2 aromatic carbocycles. The Balaban J connectivity index is 1.57. The van der Waals surface area contributed by atoms with Gasteiger partial charge in [0.2, 0.25) is 21.8 Å². The van der Waals surface area contributed by atoms with Crippen LogP contribution in [0.1, 0.15) is 63.6 Å². The van der Waals surface area contributed by atoms with Gasteiger partial charge < -0.3 is 30.3 Å². The Kier molecular flexibility index (Phi) is 15.3. The van der Waals surface area contributed by atoms with Gasteiger partial charge in [0.25, 0.3) is 0 Å². The molecule has 1 fully saturated rings. The molecule has 1 saturated heterocycles. The number of carbonyl (C=O) groups excluding carboxylic acids is 3. The van der Waals surface area contributed by atoms with Crippen LogP contribution in [0.4, 0.5) is 4.79 Å². The first-order valence-corrected chi connectivity index (χ1v) is 20.1. The van der Waals surface area contributed by atoms with E-state index in [1.807, 2.05) is 76.2 Å². The minimum absolute atomic E-state index is 0.0124. The number of carbonyl (C=O) groups is 3. The molecule has 14 nitrogen and oxygen atoms in total. The fraction of sp³-hybridized carbons (Fsp3) is 0.475. The number of benzene rings is 2. The third-order valence-electron chi connectivity index (χ3n) is 9.84. The molecule has 0 unspecified atom stereocenters. The summed E-state index contributed by atoms with van der Waals surface area (Å²) in [6.07, 6.45) is 0.691. The first-order valence-electron chi connectivity index (χ1n) is 18.7. The fourth-order valence-corrected chi connectivity index (χ4v) is 8.19. The molecule has 0 saturated carbocycles. The highest BCUT2D eigenvalue weighted by atomic mass is 32.2. The van der Waals surface area contributed by atoms with Crippen LogP contribution in [-0.2, 0) is 39.1 Å². The number of hydrogen-bond acceptors (Lipinski definition) is 9. The van der Waals surface area contributed by atoms with E-state index in [1.165, 1.54) is 41.7 Å². The zero-order valence-electron chi connectivity index (χ0n) is 32.6. The van der Waals surface area contributed by atoms with E-state index >= 15 is 0 Å². The number of nitrogens with one attached hydrogen (secondary N) is 1. The lowest BCUT2D eigenvalue weighted by Crippen LogP contribution is -2.57. The number of amides is 4. The van der Waals surface area contributed by atoms with Crippen molar-refractivity contribution in [1.29, 1.82) is 0 Å². The van der Waals surface area contributed by atoms with Gasteiger partial charge in [0, 0.05) is 40.2 Å². The minimum atomic E-state index is -4.08. The summed E-state index contributed by atoms with van der Waals surface area (Å²) in [6, 6.07) is 18.6. The van der Waals surface area contributed by atoms with Crippen LogP contribution in [0.5, 0.6) is 0 Å². The third kappa shape index (κ3) is 11.6. The Labute approximate surface area is 324 Å². The molecule has 4 amide bonds. The molecule has 4 atom stereocenters. The third-order valence-corrected chi connectivity index (χ3v) is 11.7. The summed E-state index contributed by atoms with van der Waals surface area (Å²) in [5.74, 6) is -0.834. The quantitative estimate of drug-likeness (QED) is 0.0932. The van der Waals surface area contributed by atoms with Crippen LogP contribution in [0.15, 0.2) is 82.8 Å². The summed E-state index contributed by atoms with van der Waals surface area (Å²) < 4.78 is 29.1. The molecule has 1 aliphatic heterocycles. The molecular weight excluding hydrogens is 723 g/mol. The number of urea groups is 1. The number of aliphatic hydroxyl groups excluding tert-OH is 1. The zero-order chi connectivity index (χ0) is 40.3. The number of pyridine rings is 1. The molecule has 2 heterocycles. The highest BCUT2D eigenvalue weighted by Crippen LogP contribution is 2.24. The predicted octanol–water partition coefficient (Wildman–Crippen LogP) is 3.96. The summed E-state index contributed by atoms with van der Waals surface area (Å²) in [5, 5.41) is 26.8.